The smallest absolute Gasteiger partial charge is 0.0916 e. The van der Waals surface area contributed by atoms with Crippen LogP contribution in [0.1, 0.15) is 57.8 Å². The number of hydrogen-bond donors (Lipinski definition) is 1. The van der Waals surface area contributed by atoms with Gasteiger partial charge < -0.3 is 10.0 Å². The molecule has 1 saturated heterocycles. The highest BCUT2D eigenvalue weighted by Gasteiger charge is 2.20. The summed E-state index contributed by atoms with van der Waals surface area (Å²) in [6.45, 7) is 12.0. The highest BCUT2D eigenvalue weighted by Crippen LogP contribution is 2.25. The van der Waals surface area contributed by atoms with Crippen LogP contribution in [0.4, 0.5) is 0 Å². The SMILES string of the molecule is CC1CCCN(CC(O)c2ccc(C(C)(C)C)cc2)C1. The number of nitrogens with zero attached hydrogens (tertiary/aromatic N) is 1. The van der Waals surface area contributed by atoms with E-state index in [1.807, 2.05) is 0 Å². The van der Waals surface area contributed by atoms with Gasteiger partial charge in [-0.3, -0.25) is 0 Å². The van der Waals surface area contributed by atoms with Crippen LogP contribution in [0.2, 0.25) is 0 Å². The quantitative estimate of drug-likeness (QED) is 0.908. The Hall–Kier alpha value is -0.860. The largest absolute Gasteiger partial charge is 0.387 e. The zero-order chi connectivity index (χ0) is 14.8. The zero-order valence-corrected chi connectivity index (χ0v) is 13.4. The van der Waals surface area contributed by atoms with E-state index in [1.165, 1.54) is 18.4 Å². The highest BCUT2D eigenvalue weighted by atomic mass is 16.3. The van der Waals surface area contributed by atoms with Crippen LogP contribution in [0, 0.1) is 5.92 Å². The van der Waals surface area contributed by atoms with Crippen molar-refractivity contribution in [2.24, 2.45) is 5.92 Å². The van der Waals surface area contributed by atoms with Crippen molar-refractivity contribution >= 4 is 0 Å². The number of piperidine rings is 1. The fourth-order valence-corrected chi connectivity index (χ4v) is 3.01. The van der Waals surface area contributed by atoms with Crippen molar-refractivity contribution in [1.82, 2.24) is 4.90 Å². The van der Waals surface area contributed by atoms with Crippen molar-refractivity contribution in [3.63, 3.8) is 0 Å². The first kappa shape index (κ1) is 15.5. The standard InChI is InChI=1S/C18H29NO/c1-14-6-5-11-19(12-14)13-17(20)15-7-9-16(10-8-15)18(2,3)4/h7-10,14,17,20H,5-6,11-13H2,1-4H3. The van der Waals surface area contributed by atoms with Crippen molar-refractivity contribution < 1.29 is 5.11 Å². The molecule has 2 heteroatoms. The molecule has 1 aromatic rings. The predicted octanol–water partition coefficient (Wildman–Crippen LogP) is 3.75. The van der Waals surface area contributed by atoms with Gasteiger partial charge in [-0.15, -0.1) is 0 Å². The van der Waals surface area contributed by atoms with Crippen molar-refractivity contribution in [1.29, 1.82) is 0 Å². The minimum Gasteiger partial charge on any atom is -0.387 e. The van der Waals surface area contributed by atoms with Crippen LogP contribution in [0.5, 0.6) is 0 Å². The number of rotatable bonds is 3. The third kappa shape index (κ3) is 4.07. The van der Waals surface area contributed by atoms with Crippen molar-refractivity contribution in [3.8, 4) is 0 Å². The lowest BCUT2D eigenvalue weighted by molar-refractivity contribution is 0.0876. The van der Waals surface area contributed by atoms with Crippen molar-refractivity contribution in [3.05, 3.63) is 35.4 Å². The van der Waals surface area contributed by atoms with Gasteiger partial charge in [-0.2, -0.15) is 0 Å². The van der Waals surface area contributed by atoms with E-state index in [0.29, 0.717) is 0 Å². The molecule has 2 unspecified atom stereocenters. The van der Waals surface area contributed by atoms with Crippen LogP contribution in [0.3, 0.4) is 0 Å². The van der Waals surface area contributed by atoms with Gasteiger partial charge in [0.2, 0.25) is 0 Å². The van der Waals surface area contributed by atoms with Crippen LogP contribution >= 0.6 is 0 Å². The average molecular weight is 275 g/mol. The Labute approximate surface area is 123 Å². The molecule has 2 nitrogen and oxygen atoms in total. The average Bonchev–Trinajstić information content (AvgIpc) is 2.38. The molecule has 112 valence electrons. The Morgan fingerprint density at radius 3 is 2.45 bits per heavy atom. The molecule has 1 aliphatic rings. The van der Waals surface area contributed by atoms with Gasteiger partial charge in [-0.25, -0.2) is 0 Å². The number of hydrogen-bond acceptors (Lipinski definition) is 2. The number of aliphatic hydroxyl groups is 1. The van der Waals surface area contributed by atoms with Gasteiger partial charge in [0.15, 0.2) is 0 Å². The molecule has 0 amide bonds. The van der Waals surface area contributed by atoms with Crippen LogP contribution < -0.4 is 0 Å². The first-order valence-electron chi connectivity index (χ1n) is 7.87. The highest BCUT2D eigenvalue weighted by molar-refractivity contribution is 5.28. The second-order valence-corrected chi connectivity index (χ2v) is 7.39. The maximum atomic E-state index is 10.4. The van der Waals surface area contributed by atoms with E-state index in [0.717, 1.165) is 31.1 Å². The lowest BCUT2D eigenvalue weighted by Gasteiger charge is -2.32. The van der Waals surface area contributed by atoms with Gasteiger partial charge in [0.25, 0.3) is 0 Å². The molecule has 1 heterocycles. The summed E-state index contributed by atoms with van der Waals surface area (Å²) in [5, 5.41) is 10.4. The summed E-state index contributed by atoms with van der Waals surface area (Å²) < 4.78 is 0. The minimum atomic E-state index is -0.366. The molecular weight excluding hydrogens is 246 g/mol. The Morgan fingerprint density at radius 2 is 1.90 bits per heavy atom. The summed E-state index contributed by atoms with van der Waals surface area (Å²) in [4.78, 5) is 2.40. The van der Waals surface area contributed by atoms with Gasteiger partial charge in [0.05, 0.1) is 6.10 Å². The van der Waals surface area contributed by atoms with E-state index in [-0.39, 0.29) is 11.5 Å². The summed E-state index contributed by atoms with van der Waals surface area (Å²) in [5.41, 5.74) is 2.53. The molecule has 1 aromatic carbocycles. The molecule has 1 fully saturated rings. The second-order valence-electron chi connectivity index (χ2n) is 7.39. The molecular formula is C18H29NO. The normalized spacial score (nSPS) is 22.8. The van der Waals surface area contributed by atoms with Crippen LogP contribution in [0.15, 0.2) is 24.3 Å². The Balaban J connectivity index is 1.97. The molecule has 0 aliphatic carbocycles. The molecule has 0 radical (unpaired) electrons. The molecule has 0 saturated carbocycles. The monoisotopic (exact) mass is 275 g/mol. The van der Waals surface area contributed by atoms with Gasteiger partial charge in [0.1, 0.15) is 0 Å². The Morgan fingerprint density at radius 1 is 1.25 bits per heavy atom. The zero-order valence-electron chi connectivity index (χ0n) is 13.4. The number of aliphatic hydroxyl groups excluding tert-OH is 1. The number of likely N-dealkylation sites (tertiary alicyclic amines) is 1. The molecule has 2 rings (SSSR count). The lowest BCUT2D eigenvalue weighted by Crippen LogP contribution is -2.37. The van der Waals surface area contributed by atoms with E-state index in [1.54, 1.807) is 0 Å². The predicted molar refractivity (Wildman–Crippen MR) is 84.9 cm³/mol. The molecule has 0 aromatic heterocycles. The van der Waals surface area contributed by atoms with Crippen molar-refractivity contribution in [2.75, 3.05) is 19.6 Å². The van der Waals surface area contributed by atoms with Gasteiger partial charge in [0, 0.05) is 13.1 Å². The molecule has 1 N–H and O–H groups in total. The summed E-state index contributed by atoms with van der Waals surface area (Å²) >= 11 is 0. The minimum absolute atomic E-state index is 0.172. The van der Waals surface area contributed by atoms with Crippen LogP contribution in [-0.4, -0.2) is 29.6 Å². The molecule has 0 spiro atoms. The van der Waals surface area contributed by atoms with Gasteiger partial charge >= 0.3 is 0 Å². The third-order valence-electron chi connectivity index (χ3n) is 4.33. The molecule has 1 aliphatic heterocycles. The van der Waals surface area contributed by atoms with E-state index in [9.17, 15) is 5.11 Å². The second kappa shape index (κ2) is 6.28. The van der Waals surface area contributed by atoms with Crippen LogP contribution in [0.25, 0.3) is 0 Å². The number of β-amino-alcohol motifs (C(OH)–C–C–N with tert-alkyl or cyclic N) is 1. The maximum absolute atomic E-state index is 10.4. The molecule has 20 heavy (non-hydrogen) atoms. The van der Waals surface area contributed by atoms with E-state index in [4.69, 9.17) is 0 Å². The third-order valence-corrected chi connectivity index (χ3v) is 4.33. The first-order valence-corrected chi connectivity index (χ1v) is 7.87. The van der Waals surface area contributed by atoms with E-state index in [2.05, 4.69) is 56.9 Å². The molecule has 0 bridgehead atoms. The van der Waals surface area contributed by atoms with E-state index >= 15 is 0 Å². The summed E-state index contributed by atoms with van der Waals surface area (Å²) in [7, 11) is 0. The fourth-order valence-electron chi connectivity index (χ4n) is 3.01. The Kier molecular flexibility index (Phi) is 4.87. The first-order chi connectivity index (χ1) is 9.36. The number of benzene rings is 1. The topological polar surface area (TPSA) is 23.5 Å². The molecule has 2 atom stereocenters. The van der Waals surface area contributed by atoms with Gasteiger partial charge in [-0.1, -0.05) is 52.0 Å². The summed E-state index contributed by atoms with van der Waals surface area (Å²) in [6.07, 6.45) is 2.22. The fraction of sp³-hybridized carbons (Fsp3) is 0.667. The van der Waals surface area contributed by atoms with Gasteiger partial charge in [-0.05, 0) is 41.8 Å². The maximum Gasteiger partial charge on any atom is 0.0916 e. The lowest BCUT2D eigenvalue weighted by atomic mass is 9.86. The van der Waals surface area contributed by atoms with Crippen LogP contribution in [-0.2, 0) is 5.41 Å². The summed E-state index contributed by atoms with van der Waals surface area (Å²) in [5.74, 6) is 0.763. The van der Waals surface area contributed by atoms with Crippen molar-refractivity contribution in [2.45, 2.75) is 52.1 Å². The Bertz CT molecular complexity index is 418. The summed E-state index contributed by atoms with van der Waals surface area (Å²) in [6, 6.07) is 8.46. The van der Waals surface area contributed by atoms with E-state index < -0.39 is 0 Å².